The van der Waals surface area contributed by atoms with Crippen LogP contribution in [0.15, 0.2) is 58.4 Å². The second-order valence-electron chi connectivity index (χ2n) is 5.62. The van der Waals surface area contributed by atoms with Gasteiger partial charge < -0.3 is 14.8 Å². The molecule has 0 saturated heterocycles. The van der Waals surface area contributed by atoms with E-state index >= 15 is 0 Å². The molecule has 0 aliphatic carbocycles. The zero-order chi connectivity index (χ0) is 18.4. The molecule has 3 nitrogen and oxygen atoms in total. The van der Waals surface area contributed by atoms with Gasteiger partial charge in [-0.05, 0) is 29.6 Å². The number of hydrogen-bond donors (Lipinski definition) is 1. The Hall–Kier alpha value is -1.89. The molecule has 1 N–H and O–H groups in total. The SMILES string of the molecule is COc1ccc(Br)c(CNCc2cccs2)c1OCc1ccccc1F. The van der Waals surface area contributed by atoms with Crippen molar-refractivity contribution < 1.29 is 13.9 Å². The number of methoxy groups -OCH3 is 1. The van der Waals surface area contributed by atoms with Gasteiger partial charge in [0.15, 0.2) is 11.5 Å². The van der Waals surface area contributed by atoms with E-state index in [1.807, 2.05) is 18.2 Å². The fourth-order valence-electron chi connectivity index (χ4n) is 2.56. The maximum absolute atomic E-state index is 13.9. The van der Waals surface area contributed by atoms with Gasteiger partial charge in [0, 0.05) is 33.6 Å². The summed E-state index contributed by atoms with van der Waals surface area (Å²) in [6, 6.07) is 14.5. The van der Waals surface area contributed by atoms with Crippen LogP contribution in [0, 0.1) is 5.82 Å². The Bertz CT molecular complexity index is 855. The monoisotopic (exact) mass is 435 g/mol. The molecule has 0 amide bonds. The second-order valence-corrected chi connectivity index (χ2v) is 7.51. The van der Waals surface area contributed by atoms with Crippen LogP contribution in [0.4, 0.5) is 4.39 Å². The van der Waals surface area contributed by atoms with Crippen molar-refractivity contribution in [2.24, 2.45) is 0 Å². The number of hydrogen-bond acceptors (Lipinski definition) is 4. The van der Waals surface area contributed by atoms with Crippen molar-refractivity contribution in [3.05, 3.63) is 80.2 Å². The first-order valence-corrected chi connectivity index (χ1v) is 9.81. The summed E-state index contributed by atoms with van der Waals surface area (Å²) in [6.07, 6.45) is 0. The first-order chi connectivity index (χ1) is 12.7. The molecule has 0 fully saturated rings. The van der Waals surface area contributed by atoms with E-state index < -0.39 is 0 Å². The molecule has 0 aliphatic rings. The largest absolute Gasteiger partial charge is 0.493 e. The minimum atomic E-state index is -0.279. The van der Waals surface area contributed by atoms with E-state index in [0.717, 1.165) is 16.6 Å². The average molecular weight is 436 g/mol. The molecule has 136 valence electrons. The lowest BCUT2D eigenvalue weighted by molar-refractivity contribution is 0.275. The van der Waals surface area contributed by atoms with Crippen LogP contribution in [-0.2, 0) is 19.7 Å². The van der Waals surface area contributed by atoms with Gasteiger partial charge in [-0.15, -0.1) is 11.3 Å². The van der Waals surface area contributed by atoms with Crippen molar-refractivity contribution in [1.29, 1.82) is 0 Å². The molecule has 0 unspecified atom stereocenters. The van der Waals surface area contributed by atoms with Gasteiger partial charge in [0.1, 0.15) is 12.4 Å². The molecule has 3 rings (SSSR count). The number of ether oxygens (including phenoxy) is 2. The second kappa shape index (κ2) is 9.16. The van der Waals surface area contributed by atoms with Gasteiger partial charge in [0.2, 0.25) is 0 Å². The summed E-state index contributed by atoms with van der Waals surface area (Å²) in [6.45, 7) is 1.51. The highest BCUT2D eigenvalue weighted by molar-refractivity contribution is 9.10. The van der Waals surface area contributed by atoms with E-state index in [0.29, 0.717) is 23.6 Å². The molecular formula is C20H19BrFNO2S. The van der Waals surface area contributed by atoms with E-state index in [1.54, 1.807) is 36.6 Å². The summed E-state index contributed by atoms with van der Waals surface area (Å²) >= 11 is 5.29. The van der Waals surface area contributed by atoms with Crippen LogP contribution >= 0.6 is 27.3 Å². The highest BCUT2D eigenvalue weighted by Gasteiger charge is 2.15. The number of rotatable bonds is 8. The number of benzene rings is 2. The highest BCUT2D eigenvalue weighted by atomic mass is 79.9. The molecule has 3 aromatic rings. The van der Waals surface area contributed by atoms with Gasteiger partial charge >= 0.3 is 0 Å². The summed E-state index contributed by atoms with van der Waals surface area (Å²) in [5.74, 6) is 0.958. The van der Waals surface area contributed by atoms with E-state index in [9.17, 15) is 4.39 Å². The van der Waals surface area contributed by atoms with E-state index in [-0.39, 0.29) is 12.4 Å². The highest BCUT2D eigenvalue weighted by Crippen LogP contribution is 2.37. The third kappa shape index (κ3) is 4.63. The lowest BCUT2D eigenvalue weighted by Gasteiger charge is -2.17. The normalized spacial score (nSPS) is 10.7. The van der Waals surface area contributed by atoms with E-state index in [1.165, 1.54) is 10.9 Å². The number of nitrogens with one attached hydrogen (secondary N) is 1. The van der Waals surface area contributed by atoms with Crippen LogP contribution in [0.2, 0.25) is 0 Å². The van der Waals surface area contributed by atoms with Crippen LogP contribution in [0.5, 0.6) is 11.5 Å². The Morgan fingerprint density at radius 3 is 2.65 bits per heavy atom. The summed E-state index contributed by atoms with van der Waals surface area (Å²) in [5, 5.41) is 5.47. The molecule has 26 heavy (non-hydrogen) atoms. The van der Waals surface area contributed by atoms with Crippen molar-refractivity contribution in [2.75, 3.05) is 7.11 Å². The Morgan fingerprint density at radius 2 is 1.92 bits per heavy atom. The summed E-state index contributed by atoms with van der Waals surface area (Å²) in [5.41, 5.74) is 1.45. The van der Waals surface area contributed by atoms with Crippen molar-refractivity contribution in [2.45, 2.75) is 19.7 Å². The number of thiophene rings is 1. The van der Waals surface area contributed by atoms with E-state index in [2.05, 4.69) is 32.7 Å². The Kier molecular flexibility index (Phi) is 6.66. The zero-order valence-electron chi connectivity index (χ0n) is 14.3. The van der Waals surface area contributed by atoms with Crippen LogP contribution in [0.1, 0.15) is 16.0 Å². The Balaban J connectivity index is 1.77. The molecular weight excluding hydrogens is 417 g/mol. The summed E-state index contributed by atoms with van der Waals surface area (Å²) < 4.78 is 26.2. The predicted molar refractivity (Wildman–Crippen MR) is 106 cm³/mol. The molecule has 1 aromatic heterocycles. The summed E-state index contributed by atoms with van der Waals surface area (Å²) in [4.78, 5) is 1.26. The third-order valence-electron chi connectivity index (χ3n) is 3.90. The average Bonchev–Trinajstić information content (AvgIpc) is 3.16. The molecule has 6 heteroatoms. The van der Waals surface area contributed by atoms with Gasteiger partial charge in [-0.3, -0.25) is 0 Å². The van der Waals surface area contributed by atoms with E-state index in [4.69, 9.17) is 9.47 Å². The zero-order valence-corrected chi connectivity index (χ0v) is 16.7. The molecule has 0 aliphatic heterocycles. The topological polar surface area (TPSA) is 30.5 Å². The maximum atomic E-state index is 13.9. The van der Waals surface area contributed by atoms with Crippen molar-refractivity contribution in [1.82, 2.24) is 5.32 Å². The molecule has 0 radical (unpaired) electrons. The first kappa shape index (κ1) is 18.9. The molecule has 1 heterocycles. The van der Waals surface area contributed by atoms with Crippen LogP contribution in [0.25, 0.3) is 0 Å². The minimum Gasteiger partial charge on any atom is -0.493 e. The van der Waals surface area contributed by atoms with Gasteiger partial charge in [-0.1, -0.05) is 40.2 Å². The summed E-state index contributed by atoms with van der Waals surface area (Å²) in [7, 11) is 1.60. The van der Waals surface area contributed by atoms with Crippen LogP contribution in [0.3, 0.4) is 0 Å². The van der Waals surface area contributed by atoms with Gasteiger partial charge in [0.05, 0.1) is 7.11 Å². The Morgan fingerprint density at radius 1 is 1.08 bits per heavy atom. The molecule has 2 aromatic carbocycles. The van der Waals surface area contributed by atoms with Crippen LogP contribution < -0.4 is 14.8 Å². The maximum Gasteiger partial charge on any atom is 0.167 e. The molecule has 0 atom stereocenters. The first-order valence-electron chi connectivity index (χ1n) is 8.13. The molecule has 0 spiro atoms. The van der Waals surface area contributed by atoms with Crippen molar-refractivity contribution in [3.8, 4) is 11.5 Å². The lowest BCUT2D eigenvalue weighted by Crippen LogP contribution is -2.14. The minimum absolute atomic E-state index is 0.136. The predicted octanol–water partition coefficient (Wildman–Crippen LogP) is 5.53. The Labute approximate surface area is 164 Å². The van der Waals surface area contributed by atoms with Gasteiger partial charge in [-0.25, -0.2) is 4.39 Å². The third-order valence-corrected chi connectivity index (χ3v) is 5.52. The fourth-order valence-corrected chi connectivity index (χ4v) is 3.68. The molecule has 0 bridgehead atoms. The number of halogens is 2. The fraction of sp³-hybridized carbons (Fsp3) is 0.200. The standard InChI is InChI=1S/C20H19BrFNO2S/c1-24-19-9-8-17(21)16(12-23-11-15-6-4-10-26-15)20(19)25-13-14-5-2-3-7-18(14)22/h2-10,23H,11-13H2,1H3. The van der Waals surface area contributed by atoms with Gasteiger partial charge in [0.25, 0.3) is 0 Å². The van der Waals surface area contributed by atoms with Crippen molar-refractivity contribution in [3.63, 3.8) is 0 Å². The van der Waals surface area contributed by atoms with Crippen LogP contribution in [-0.4, -0.2) is 7.11 Å². The molecule has 0 saturated carbocycles. The van der Waals surface area contributed by atoms with Crippen molar-refractivity contribution >= 4 is 27.3 Å². The lowest BCUT2D eigenvalue weighted by atomic mass is 10.1. The quantitative estimate of drug-likeness (QED) is 0.504. The van der Waals surface area contributed by atoms with Gasteiger partial charge in [-0.2, -0.15) is 0 Å². The smallest absolute Gasteiger partial charge is 0.167 e.